The first-order valence-electron chi connectivity index (χ1n) is 4.97. The molecule has 1 aliphatic carbocycles. The van der Waals surface area contributed by atoms with Crippen molar-refractivity contribution in [3.63, 3.8) is 0 Å². The number of hydrogen-bond acceptors (Lipinski definition) is 4. The van der Waals surface area contributed by atoms with E-state index >= 15 is 0 Å². The van der Waals surface area contributed by atoms with Gasteiger partial charge in [0.15, 0.2) is 0 Å². The van der Waals surface area contributed by atoms with E-state index in [2.05, 4.69) is 5.32 Å². The van der Waals surface area contributed by atoms with Gasteiger partial charge in [-0.1, -0.05) is 11.6 Å². The maximum atomic E-state index is 11.7. The molecule has 6 nitrogen and oxygen atoms in total. The van der Waals surface area contributed by atoms with E-state index in [1.165, 1.54) is 18.2 Å². The van der Waals surface area contributed by atoms with Crippen molar-refractivity contribution in [1.29, 1.82) is 0 Å². The Morgan fingerprint density at radius 1 is 1.53 bits per heavy atom. The first kappa shape index (κ1) is 11.8. The standard InChI is InChI=1S/C10H10ClN3O3/c11-6-1-2-8(14(16)17)7(5-6)13-9(15)10(12)3-4-10/h1-2,5H,3-4,12H2,(H,13,15). The zero-order valence-electron chi connectivity index (χ0n) is 8.77. The van der Waals surface area contributed by atoms with Crippen LogP contribution in [0.1, 0.15) is 12.8 Å². The SMILES string of the molecule is NC1(C(=O)Nc2cc(Cl)ccc2[N+](=O)[O-])CC1. The molecule has 1 aromatic rings. The quantitative estimate of drug-likeness (QED) is 0.634. The lowest BCUT2D eigenvalue weighted by Gasteiger charge is -2.10. The van der Waals surface area contributed by atoms with E-state index in [0.29, 0.717) is 17.9 Å². The van der Waals surface area contributed by atoms with Crippen LogP contribution in [0.4, 0.5) is 11.4 Å². The molecule has 3 N–H and O–H groups in total. The van der Waals surface area contributed by atoms with Gasteiger partial charge in [-0.3, -0.25) is 14.9 Å². The number of halogens is 1. The minimum Gasteiger partial charge on any atom is -0.319 e. The number of hydrogen-bond donors (Lipinski definition) is 2. The number of rotatable bonds is 3. The third-order valence-corrected chi connectivity index (χ3v) is 2.88. The molecule has 1 fully saturated rings. The first-order chi connectivity index (χ1) is 7.92. The molecule has 2 rings (SSSR count). The van der Waals surface area contributed by atoms with Crippen LogP contribution in [0.2, 0.25) is 5.02 Å². The predicted octanol–water partition coefficient (Wildman–Crippen LogP) is 1.68. The van der Waals surface area contributed by atoms with Crippen molar-refractivity contribution in [3.05, 3.63) is 33.3 Å². The van der Waals surface area contributed by atoms with Gasteiger partial charge in [0.2, 0.25) is 5.91 Å². The smallest absolute Gasteiger partial charge is 0.292 e. The maximum absolute atomic E-state index is 11.7. The molecule has 1 amide bonds. The van der Waals surface area contributed by atoms with Crippen LogP contribution in [0.3, 0.4) is 0 Å². The Morgan fingerprint density at radius 3 is 2.71 bits per heavy atom. The van der Waals surface area contributed by atoms with Gasteiger partial charge in [-0.05, 0) is 25.0 Å². The van der Waals surface area contributed by atoms with Gasteiger partial charge >= 0.3 is 0 Å². The van der Waals surface area contributed by atoms with Gasteiger partial charge in [0, 0.05) is 11.1 Å². The summed E-state index contributed by atoms with van der Waals surface area (Å²) in [6, 6.07) is 3.97. The lowest BCUT2D eigenvalue weighted by Crippen LogP contribution is -2.37. The molecule has 0 aromatic heterocycles. The molecule has 1 aliphatic rings. The first-order valence-corrected chi connectivity index (χ1v) is 5.34. The average Bonchev–Trinajstić information content (AvgIpc) is 2.97. The number of nitrogens with zero attached hydrogens (tertiary/aromatic N) is 1. The van der Waals surface area contributed by atoms with E-state index in [1.807, 2.05) is 0 Å². The minimum absolute atomic E-state index is 0.0734. The fourth-order valence-corrected chi connectivity index (χ4v) is 1.55. The van der Waals surface area contributed by atoms with Crippen molar-refractivity contribution in [2.75, 3.05) is 5.32 Å². The Hall–Kier alpha value is -1.66. The molecule has 0 bridgehead atoms. The molecule has 17 heavy (non-hydrogen) atoms. The molecule has 1 saturated carbocycles. The van der Waals surface area contributed by atoms with Crippen LogP contribution in [-0.2, 0) is 4.79 Å². The van der Waals surface area contributed by atoms with Crippen LogP contribution in [0.25, 0.3) is 0 Å². The second kappa shape index (κ2) is 3.97. The van der Waals surface area contributed by atoms with Crippen molar-refractivity contribution in [2.45, 2.75) is 18.4 Å². The fraction of sp³-hybridized carbons (Fsp3) is 0.300. The van der Waals surface area contributed by atoms with E-state index < -0.39 is 16.4 Å². The summed E-state index contributed by atoms with van der Waals surface area (Å²) in [7, 11) is 0. The number of nitro groups is 1. The number of carbonyl (C=O) groups is 1. The van der Waals surface area contributed by atoms with E-state index in [9.17, 15) is 14.9 Å². The number of amides is 1. The summed E-state index contributed by atoms with van der Waals surface area (Å²) in [4.78, 5) is 21.9. The normalized spacial score (nSPS) is 16.4. The van der Waals surface area contributed by atoms with Crippen LogP contribution in [0.15, 0.2) is 18.2 Å². The molecule has 90 valence electrons. The largest absolute Gasteiger partial charge is 0.319 e. The molecule has 7 heteroatoms. The highest BCUT2D eigenvalue weighted by molar-refractivity contribution is 6.31. The van der Waals surface area contributed by atoms with Gasteiger partial charge < -0.3 is 11.1 Å². The number of carbonyl (C=O) groups excluding carboxylic acids is 1. The molecular formula is C10H10ClN3O3. The summed E-state index contributed by atoms with van der Waals surface area (Å²) in [6.45, 7) is 0. The number of nitrogens with one attached hydrogen (secondary N) is 1. The van der Waals surface area contributed by atoms with E-state index in [-0.39, 0.29) is 11.4 Å². The lowest BCUT2D eigenvalue weighted by molar-refractivity contribution is -0.383. The van der Waals surface area contributed by atoms with Crippen LogP contribution in [-0.4, -0.2) is 16.4 Å². The Morgan fingerprint density at radius 2 is 2.18 bits per heavy atom. The fourth-order valence-electron chi connectivity index (χ4n) is 1.38. The second-order valence-electron chi connectivity index (χ2n) is 4.03. The van der Waals surface area contributed by atoms with Crippen LogP contribution >= 0.6 is 11.6 Å². The number of nitro benzene ring substituents is 1. The molecule has 0 atom stereocenters. The zero-order chi connectivity index (χ0) is 12.6. The zero-order valence-corrected chi connectivity index (χ0v) is 9.53. The summed E-state index contributed by atoms with van der Waals surface area (Å²) >= 11 is 5.73. The summed E-state index contributed by atoms with van der Waals surface area (Å²) in [5, 5.41) is 13.5. The number of nitrogens with two attached hydrogens (primary N) is 1. The van der Waals surface area contributed by atoms with E-state index in [0.717, 1.165) is 0 Å². The summed E-state index contributed by atoms with van der Waals surface area (Å²) in [5.41, 5.74) is 4.68. The third kappa shape index (κ3) is 2.37. The van der Waals surface area contributed by atoms with Crippen molar-refractivity contribution in [3.8, 4) is 0 Å². The third-order valence-electron chi connectivity index (χ3n) is 2.64. The van der Waals surface area contributed by atoms with E-state index in [4.69, 9.17) is 17.3 Å². The predicted molar refractivity (Wildman–Crippen MR) is 62.9 cm³/mol. The van der Waals surface area contributed by atoms with Crippen molar-refractivity contribution in [2.24, 2.45) is 5.73 Å². The van der Waals surface area contributed by atoms with Crippen LogP contribution < -0.4 is 11.1 Å². The highest BCUT2D eigenvalue weighted by Gasteiger charge is 2.46. The van der Waals surface area contributed by atoms with Crippen molar-refractivity contribution in [1.82, 2.24) is 0 Å². The Balaban J connectivity index is 2.27. The molecule has 0 unspecified atom stereocenters. The van der Waals surface area contributed by atoms with Gasteiger partial charge in [-0.25, -0.2) is 0 Å². The number of anilines is 1. The summed E-state index contributed by atoms with van der Waals surface area (Å²) < 4.78 is 0. The topological polar surface area (TPSA) is 98.3 Å². The van der Waals surface area contributed by atoms with E-state index in [1.54, 1.807) is 0 Å². The lowest BCUT2D eigenvalue weighted by atomic mass is 10.2. The Kier molecular flexibility index (Phi) is 2.76. The van der Waals surface area contributed by atoms with Gasteiger partial charge in [0.05, 0.1) is 10.5 Å². The molecule has 0 saturated heterocycles. The second-order valence-corrected chi connectivity index (χ2v) is 4.47. The van der Waals surface area contributed by atoms with Gasteiger partial charge in [-0.2, -0.15) is 0 Å². The highest BCUT2D eigenvalue weighted by atomic mass is 35.5. The Bertz CT molecular complexity index is 500. The molecule has 0 spiro atoms. The van der Waals surface area contributed by atoms with Crippen LogP contribution in [0, 0.1) is 10.1 Å². The highest BCUT2D eigenvalue weighted by Crippen LogP contribution is 2.35. The number of benzene rings is 1. The van der Waals surface area contributed by atoms with Crippen molar-refractivity contribution >= 4 is 28.9 Å². The molecule has 0 heterocycles. The monoisotopic (exact) mass is 255 g/mol. The molecule has 0 aliphatic heterocycles. The van der Waals surface area contributed by atoms with Crippen molar-refractivity contribution < 1.29 is 9.72 Å². The summed E-state index contributed by atoms with van der Waals surface area (Å²) in [6.07, 6.45) is 1.18. The minimum atomic E-state index is -0.879. The van der Waals surface area contributed by atoms with Crippen LogP contribution in [0.5, 0.6) is 0 Å². The maximum Gasteiger partial charge on any atom is 0.292 e. The van der Waals surface area contributed by atoms with Gasteiger partial charge in [0.25, 0.3) is 5.69 Å². The molecule has 0 radical (unpaired) electrons. The molecular weight excluding hydrogens is 246 g/mol. The van der Waals surface area contributed by atoms with Gasteiger partial charge in [0.1, 0.15) is 5.69 Å². The molecule has 1 aromatic carbocycles. The van der Waals surface area contributed by atoms with Gasteiger partial charge in [-0.15, -0.1) is 0 Å². The Labute approximate surface area is 102 Å². The summed E-state index contributed by atoms with van der Waals surface area (Å²) in [5.74, 6) is -0.414. The average molecular weight is 256 g/mol.